The summed E-state index contributed by atoms with van der Waals surface area (Å²) in [6.45, 7) is 26.4. The second-order valence-electron chi connectivity index (χ2n) is 21.1. The van der Waals surface area contributed by atoms with Crippen molar-refractivity contribution in [2.24, 2.45) is 0 Å². The lowest BCUT2D eigenvalue weighted by Crippen LogP contribution is -2.59. The molecular weight excluding hydrogens is 861 g/mol. The normalized spacial score (nSPS) is 16.9. The third-order valence-electron chi connectivity index (χ3n) is 14.0. The quantitative estimate of drug-likeness (QED) is 0.0760. The monoisotopic (exact) mass is 959 g/mol. The van der Waals surface area contributed by atoms with Crippen molar-refractivity contribution in [2.45, 2.75) is 210 Å². The molecule has 1 N–H and O–H groups in total. The minimum Gasteiger partial charge on any atom is -0.493 e. The minimum absolute atomic E-state index is 0.268. The van der Waals surface area contributed by atoms with E-state index >= 15 is 0 Å². The fourth-order valence-corrected chi connectivity index (χ4v) is 9.76. The molecule has 1 aliphatic rings. The lowest BCUT2D eigenvalue weighted by atomic mass is 9.79. The van der Waals surface area contributed by atoms with Gasteiger partial charge in [-0.15, -0.1) is 0 Å². The molecule has 6 heteroatoms. The van der Waals surface area contributed by atoms with Crippen molar-refractivity contribution in [3.63, 3.8) is 0 Å². The van der Waals surface area contributed by atoms with E-state index in [-0.39, 0.29) is 17.6 Å². The molecule has 6 nitrogen and oxygen atoms in total. The van der Waals surface area contributed by atoms with Gasteiger partial charge >= 0.3 is 0 Å². The average Bonchev–Trinajstić information content (AvgIpc) is 3.33. The van der Waals surface area contributed by atoms with E-state index in [0.29, 0.717) is 0 Å². The van der Waals surface area contributed by atoms with Gasteiger partial charge in [0, 0.05) is 30.7 Å². The van der Waals surface area contributed by atoms with Crippen LogP contribution in [0.2, 0.25) is 0 Å². The van der Waals surface area contributed by atoms with Crippen LogP contribution < -0.4 is 24.3 Å². The summed E-state index contributed by atoms with van der Waals surface area (Å²) < 4.78 is 23.1. The number of hydrogen-bond acceptors (Lipinski definition) is 6. The maximum atomic E-state index is 5.97. The molecule has 0 bridgehead atoms. The molecule has 0 unspecified atom stereocenters. The van der Waals surface area contributed by atoms with Crippen LogP contribution >= 0.6 is 0 Å². The van der Waals surface area contributed by atoms with Crippen LogP contribution in [0.3, 0.4) is 0 Å². The summed E-state index contributed by atoms with van der Waals surface area (Å²) in [5.74, 6) is 3.04. The van der Waals surface area contributed by atoms with Crippen LogP contribution in [-0.2, 0) is 13.1 Å². The van der Waals surface area contributed by atoms with Gasteiger partial charge in [0.05, 0.1) is 28.4 Å². The van der Waals surface area contributed by atoms with Crippen LogP contribution in [0.15, 0.2) is 130 Å². The number of nitrogens with one attached hydrogen (secondary N) is 1. The summed E-state index contributed by atoms with van der Waals surface area (Å²) in [6, 6.07) is 13.4. The Labute approximate surface area is 429 Å². The number of rotatable bonds is 31. The Morgan fingerprint density at radius 3 is 1.36 bits per heavy atom. The maximum absolute atomic E-state index is 5.97. The van der Waals surface area contributed by atoms with Crippen LogP contribution in [-0.4, -0.2) is 51.0 Å². The summed E-state index contributed by atoms with van der Waals surface area (Å²) in [5.41, 5.74) is 13.6. The summed E-state index contributed by atoms with van der Waals surface area (Å²) >= 11 is 0. The molecule has 0 radical (unpaired) electrons. The lowest BCUT2D eigenvalue weighted by Gasteiger charge is -2.51. The third-order valence-corrected chi connectivity index (χ3v) is 14.0. The van der Waals surface area contributed by atoms with Crippen molar-refractivity contribution in [1.29, 1.82) is 0 Å². The van der Waals surface area contributed by atoms with Crippen LogP contribution in [0.25, 0.3) is 0 Å². The molecule has 1 fully saturated rings. The third kappa shape index (κ3) is 21.9. The Kier molecular flexibility index (Phi) is 27.7. The summed E-state index contributed by atoms with van der Waals surface area (Å²) in [5, 5.41) is 4.14. The highest BCUT2D eigenvalue weighted by Gasteiger charge is 2.41. The van der Waals surface area contributed by atoms with E-state index in [9.17, 15) is 0 Å². The first kappa shape index (κ1) is 59.8. The smallest absolute Gasteiger partial charge is 0.161 e. The first-order valence-electron chi connectivity index (χ1n) is 26.7. The zero-order valence-corrected chi connectivity index (χ0v) is 47.0. The van der Waals surface area contributed by atoms with Crippen molar-refractivity contribution in [3.8, 4) is 23.0 Å². The van der Waals surface area contributed by atoms with Gasteiger partial charge in [-0.05, 0) is 201 Å². The van der Waals surface area contributed by atoms with Crippen LogP contribution in [0.1, 0.15) is 190 Å². The van der Waals surface area contributed by atoms with Crippen LogP contribution in [0.5, 0.6) is 23.0 Å². The Morgan fingerprint density at radius 2 is 0.900 bits per heavy atom. The van der Waals surface area contributed by atoms with E-state index in [1.165, 1.54) is 68.6 Å². The Hall–Kier alpha value is -4.52. The molecule has 3 rings (SSSR count). The fraction of sp³-hybridized carbons (Fsp3) is 0.562. The predicted octanol–water partition coefficient (Wildman–Crippen LogP) is 17.7. The molecule has 1 aliphatic carbocycles. The van der Waals surface area contributed by atoms with Gasteiger partial charge in [-0.3, -0.25) is 4.90 Å². The van der Waals surface area contributed by atoms with Crippen LogP contribution in [0.4, 0.5) is 0 Å². The average molecular weight is 959 g/mol. The Morgan fingerprint density at radius 1 is 0.500 bits per heavy atom. The van der Waals surface area contributed by atoms with E-state index in [1.54, 1.807) is 28.4 Å². The minimum atomic E-state index is -0.317. The van der Waals surface area contributed by atoms with Gasteiger partial charge in [-0.1, -0.05) is 118 Å². The molecule has 0 aliphatic heterocycles. The van der Waals surface area contributed by atoms with Crippen molar-refractivity contribution >= 4 is 0 Å². The van der Waals surface area contributed by atoms with Gasteiger partial charge in [0.2, 0.25) is 0 Å². The summed E-state index contributed by atoms with van der Waals surface area (Å²) in [6.07, 6.45) is 37.2. The Balaban J connectivity index is 2.27. The summed E-state index contributed by atoms with van der Waals surface area (Å²) in [7, 11) is 6.89. The molecule has 2 aromatic rings. The second-order valence-corrected chi connectivity index (χ2v) is 21.1. The molecule has 0 amide bonds. The highest BCUT2D eigenvalue weighted by atomic mass is 16.5. The molecule has 2 atom stereocenters. The number of allylic oxidation sites excluding steroid dienone is 13. The highest BCUT2D eigenvalue weighted by Crippen LogP contribution is 2.40. The van der Waals surface area contributed by atoms with Crippen molar-refractivity contribution < 1.29 is 18.9 Å². The largest absolute Gasteiger partial charge is 0.493 e. The molecule has 70 heavy (non-hydrogen) atoms. The Bertz CT molecular complexity index is 2070. The SMILES string of the molecule is COc1ccc(CN[C@@H]2CCCC[C@H]2N(Cc2ccc(OC)c(OC)c2)C(/C=C(\C)CCC=C(C)C)(CC=C(C)CCC=C(C)CCC=C(C)C)CC=C(C)CCC=C(C)CCC=C(C)C)cc1OC. The van der Waals surface area contributed by atoms with Gasteiger partial charge in [0.15, 0.2) is 23.0 Å². The number of benzene rings is 2. The molecule has 1 saturated carbocycles. The zero-order chi connectivity index (χ0) is 51.5. The maximum Gasteiger partial charge on any atom is 0.161 e. The van der Waals surface area contributed by atoms with E-state index < -0.39 is 0 Å². The van der Waals surface area contributed by atoms with Gasteiger partial charge in [0.25, 0.3) is 0 Å². The first-order chi connectivity index (χ1) is 33.5. The zero-order valence-electron chi connectivity index (χ0n) is 47.0. The van der Waals surface area contributed by atoms with E-state index in [4.69, 9.17) is 18.9 Å². The van der Waals surface area contributed by atoms with E-state index in [0.717, 1.165) is 126 Å². The molecule has 0 heterocycles. The summed E-state index contributed by atoms with van der Waals surface area (Å²) in [4.78, 5) is 2.93. The van der Waals surface area contributed by atoms with Crippen molar-refractivity contribution in [1.82, 2.24) is 10.2 Å². The first-order valence-corrected chi connectivity index (χ1v) is 26.7. The van der Waals surface area contributed by atoms with Gasteiger partial charge < -0.3 is 24.3 Å². The molecule has 2 aromatic carbocycles. The highest BCUT2D eigenvalue weighted by molar-refractivity contribution is 5.44. The number of hydrogen-bond donors (Lipinski definition) is 1. The molecule has 0 spiro atoms. The van der Waals surface area contributed by atoms with Gasteiger partial charge in [-0.25, -0.2) is 0 Å². The topological polar surface area (TPSA) is 52.2 Å². The number of methoxy groups -OCH3 is 4. The van der Waals surface area contributed by atoms with Crippen LogP contribution in [0, 0.1) is 0 Å². The van der Waals surface area contributed by atoms with E-state index in [1.807, 2.05) is 6.07 Å². The molecule has 388 valence electrons. The van der Waals surface area contributed by atoms with Gasteiger partial charge in [0.1, 0.15) is 0 Å². The molecular formula is C64H98N2O4. The number of nitrogens with zero attached hydrogens (tertiary/aromatic N) is 1. The molecule has 0 aromatic heterocycles. The standard InChI is InChI=1S/C64H98N2O4/c1-48(2)23-18-26-51(7)28-21-30-53(9)39-41-64(45-55(11)32-20-25-50(5)6,42-40-54(10)31-22-29-52(8)27-19-24-49(3)4)66(47-57-36-38-61(68-13)63(44-57)70-15)59-34-17-16-33-58(59)65-46-56-35-37-60(67-12)62(43-56)69-14/h23-25,28-29,35-40,43-45,58-59,65H,16-22,26-27,30-34,41-42,46-47H2,1-15H3/b51-28?,52-29?,53-39?,54-40?,55-45+/t58-,59-,64?/m1/s1. The predicted molar refractivity (Wildman–Crippen MR) is 303 cm³/mol. The van der Waals surface area contributed by atoms with Crippen molar-refractivity contribution in [3.05, 3.63) is 141 Å². The van der Waals surface area contributed by atoms with Crippen molar-refractivity contribution in [2.75, 3.05) is 28.4 Å². The second kappa shape index (κ2) is 32.5. The van der Waals surface area contributed by atoms with Gasteiger partial charge in [-0.2, -0.15) is 0 Å². The fourth-order valence-electron chi connectivity index (χ4n) is 9.76. The number of ether oxygens (including phenoxy) is 4. The lowest BCUT2D eigenvalue weighted by molar-refractivity contribution is 0.0300. The van der Waals surface area contributed by atoms with E-state index in [2.05, 4.69) is 165 Å². The molecule has 0 saturated heterocycles.